The summed E-state index contributed by atoms with van der Waals surface area (Å²) >= 11 is 0. The average molecular weight is 220 g/mol. The summed E-state index contributed by atoms with van der Waals surface area (Å²) in [5.74, 6) is -3.85. The highest BCUT2D eigenvalue weighted by Gasteiger charge is 2.60. The predicted octanol–water partition coefficient (Wildman–Crippen LogP) is 2.08. The normalized spacial score (nSPS) is 15.7. The van der Waals surface area contributed by atoms with Gasteiger partial charge in [0, 0.05) is 5.41 Å². The molecule has 0 aliphatic heterocycles. The Morgan fingerprint density at radius 3 is 1.80 bits per heavy atom. The van der Waals surface area contributed by atoms with Crippen LogP contribution < -0.4 is 0 Å². The fraction of sp³-hybridized carbons (Fsp3) is 0.800. The van der Waals surface area contributed by atoms with Crippen molar-refractivity contribution in [2.75, 3.05) is 0 Å². The summed E-state index contributed by atoms with van der Waals surface area (Å²) < 4.78 is 14.1. The van der Waals surface area contributed by atoms with E-state index in [0.717, 1.165) is 0 Å². The molecule has 0 bridgehead atoms. The fourth-order valence-corrected chi connectivity index (χ4v) is 1.75. The van der Waals surface area contributed by atoms with Gasteiger partial charge in [-0.25, -0.2) is 14.0 Å². The number of aliphatic carboxylic acids is 2. The molecule has 0 aromatic heterocycles. The highest BCUT2D eigenvalue weighted by Crippen LogP contribution is 2.42. The Morgan fingerprint density at radius 2 is 1.60 bits per heavy atom. The van der Waals surface area contributed by atoms with Crippen LogP contribution in [0, 0.1) is 5.41 Å². The van der Waals surface area contributed by atoms with E-state index in [9.17, 15) is 14.0 Å². The van der Waals surface area contributed by atoms with Gasteiger partial charge in [0.1, 0.15) is 0 Å². The van der Waals surface area contributed by atoms with Crippen LogP contribution in [-0.2, 0) is 9.59 Å². The van der Waals surface area contributed by atoms with Crippen molar-refractivity contribution in [2.45, 2.75) is 45.7 Å². The van der Waals surface area contributed by atoms with Crippen LogP contribution in [0.1, 0.15) is 40.0 Å². The molecule has 0 fully saturated rings. The molecular weight excluding hydrogens is 203 g/mol. The lowest BCUT2D eigenvalue weighted by Crippen LogP contribution is -2.55. The first kappa shape index (κ1) is 13.9. The van der Waals surface area contributed by atoms with E-state index in [1.54, 1.807) is 13.8 Å². The van der Waals surface area contributed by atoms with E-state index >= 15 is 0 Å². The third-order valence-corrected chi connectivity index (χ3v) is 3.00. The van der Waals surface area contributed by atoms with Crippen molar-refractivity contribution in [3.63, 3.8) is 0 Å². The Bertz CT molecular complexity index is 250. The summed E-state index contributed by atoms with van der Waals surface area (Å²) in [5.41, 5.74) is -4.59. The van der Waals surface area contributed by atoms with Crippen LogP contribution in [0.5, 0.6) is 0 Å². The van der Waals surface area contributed by atoms with Gasteiger partial charge in [-0.1, -0.05) is 27.2 Å². The monoisotopic (exact) mass is 220 g/mol. The van der Waals surface area contributed by atoms with Gasteiger partial charge in [0.05, 0.1) is 0 Å². The Morgan fingerprint density at radius 1 is 1.20 bits per heavy atom. The predicted molar refractivity (Wildman–Crippen MR) is 52.4 cm³/mol. The number of alkyl halides is 1. The van der Waals surface area contributed by atoms with Gasteiger partial charge >= 0.3 is 17.6 Å². The molecule has 0 spiro atoms. The second kappa shape index (κ2) is 4.59. The van der Waals surface area contributed by atoms with Crippen molar-refractivity contribution in [1.29, 1.82) is 0 Å². The van der Waals surface area contributed by atoms with Crippen molar-refractivity contribution in [3.05, 3.63) is 0 Å². The lowest BCUT2D eigenvalue weighted by atomic mass is 9.69. The molecule has 1 atom stereocenters. The Balaban J connectivity index is 5.39. The zero-order valence-electron chi connectivity index (χ0n) is 9.21. The standard InChI is InChI=1S/C10H17FO4/c1-4-6-9(3,5-2)10(11,7(12)13)8(14)15/h4-6H2,1-3H3,(H,12,13)(H,14,15). The lowest BCUT2D eigenvalue weighted by Gasteiger charge is -2.36. The van der Waals surface area contributed by atoms with Crippen molar-refractivity contribution in [1.82, 2.24) is 0 Å². The van der Waals surface area contributed by atoms with Crippen LogP contribution in [0.4, 0.5) is 4.39 Å². The van der Waals surface area contributed by atoms with Gasteiger partial charge < -0.3 is 10.2 Å². The smallest absolute Gasteiger partial charge is 0.353 e. The van der Waals surface area contributed by atoms with Crippen LogP contribution in [-0.4, -0.2) is 27.8 Å². The van der Waals surface area contributed by atoms with Crippen LogP contribution in [0.15, 0.2) is 0 Å². The van der Waals surface area contributed by atoms with Gasteiger partial charge in [-0.2, -0.15) is 0 Å². The van der Waals surface area contributed by atoms with Crippen LogP contribution in [0.3, 0.4) is 0 Å². The van der Waals surface area contributed by atoms with Crippen LogP contribution in [0.2, 0.25) is 0 Å². The Kier molecular flexibility index (Phi) is 4.25. The number of rotatable bonds is 6. The van der Waals surface area contributed by atoms with Crippen LogP contribution >= 0.6 is 0 Å². The lowest BCUT2D eigenvalue weighted by molar-refractivity contribution is -0.179. The second-order valence-corrected chi connectivity index (χ2v) is 3.93. The van der Waals surface area contributed by atoms with Crippen molar-refractivity contribution >= 4 is 11.9 Å². The van der Waals surface area contributed by atoms with Crippen molar-refractivity contribution in [3.8, 4) is 0 Å². The molecule has 0 aliphatic rings. The molecule has 0 aliphatic carbocycles. The van der Waals surface area contributed by atoms with E-state index in [4.69, 9.17) is 10.2 Å². The van der Waals surface area contributed by atoms with E-state index in [0.29, 0.717) is 6.42 Å². The van der Waals surface area contributed by atoms with Gasteiger partial charge in [0.2, 0.25) is 0 Å². The topological polar surface area (TPSA) is 74.6 Å². The molecular formula is C10H17FO4. The molecule has 1 unspecified atom stereocenters. The quantitative estimate of drug-likeness (QED) is 0.672. The highest BCUT2D eigenvalue weighted by atomic mass is 19.1. The molecule has 88 valence electrons. The van der Waals surface area contributed by atoms with Gasteiger partial charge in [-0.3, -0.25) is 0 Å². The van der Waals surface area contributed by atoms with Gasteiger partial charge in [-0.15, -0.1) is 0 Å². The fourth-order valence-electron chi connectivity index (χ4n) is 1.75. The first-order valence-corrected chi connectivity index (χ1v) is 4.92. The van der Waals surface area contributed by atoms with E-state index < -0.39 is 23.0 Å². The van der Waals surface area contributed by atoms with Gasteiger partial charge in [0.25, 0.3) is 0 Å². The highest BCUT2D eigenvalue weighted by molar-refractivity contribution is 6.02. The molecule has 5 heteroatoms. The number of carboxylic acids is 2. The molecule has 15 heavy (non-hydrogen) atoms. The van der Waals surface area contributed by atoms with E-state index in [1.807, 2.05) is 0 Å². The molecule has 0 saturated carbocycles. The molecule has 0 saturated heterocycles. The first-order chi connectivity index (χ1) is 6.76. The third-order valence-electron chi connectivity index (χ3n) is 3.00. The minimum Gasteiger partial charge on any atom is -0.478 e. The van der Waals surface area contributed by atoms with Crippen LogP contribution in [0.25, 0.3) is 0 Å². The molecule has 0 radical (unpaired) electrons. The average Bonchev–Trinajstić information content (AvgIpc) is 2.15. The zero-order chi connectivity index (χ0) is 12.3. The summed E-state index contributed by atoms with van der Waals surface area (Å²) in [6, 6.07) is 0. The second-order valence-electron chi connectivity index (χ2n) is 3.93. The molecule has 4 nitrogen and oxygen atoms in total. The molecule has 0 heterocycles. The minimum atomic E-state index is -3.21. The Hall–Kier alpha value is -1.13. The Labute approximate surface area is 88.1 Å². The number of carbonyl (C=O) groups is 2. The first-order valence-electron chi connectivity index (χ1n) is 4.92. The van der Waals surface area contributed by atoms with Crippen molar-refractivity contribution < 1.29 is 24.2 Å². The molecule has 0 rings (SSSR count). The SMILES string of the molecule is CCCC(C)(CC)C(F)(C(=O)O)C(=O)O. The number of hydrogen-bond acceptors (Lipinski definition) is 2. The maximum Gasteiger partial charge on any atom is 0.353 e. The van der Waals surface area contributed by atoms with E-state index in [-0.39, 0.29) is 12.8 Å². The zero-order valence-corrected chi connectivity index (χ0v) is 9.21. The number of halogens is 1. The molecule has 0 aromatic rings. The largest absolute Gasteiger partial charge is 0.478 e. The summed E-state index contributed by atoms with van der Waals surface area (Å²) in [6.45, 7) is 4.71. The van der Waals surface area contributed by atoms with E-state index in [2.05, 4.69) is 0 Å². The summed E-state index contributed by atoms with van der Waals surface area (Å²) in [7, 11) is 0. The molecule has 0 amide bonds. The third kappa shape index (κ3) is 2.11. The minimum absolute atomic E-state index is 0.163. The van der Waals surface area contributed by atoms with Crippen molar-refractivity contribution in [2.24, 2.45) is 5.41 Å². The maximum atomic E-state index is 14.1. The molecule has 2 N–H and O–H groups in total. The molecule has 0 aromatic carbocycles. The maximum absolute atomic E-state index is 14.1. The number of carboxylic acid groups (broad SMARTS) is 2. The summed E-state index contributed by atoms with van der Waals surface area (Å²) in [4.78, 5) is 21.6. The number of hydrogen-bond donors (Lipinski definition) is 2. The van der Waals surface area contributed by atoms with E-state index in [1.165, 1.54) is 6.92 Å². The summed E-state index contributed by atoms with van der Waals surface area (Å²) in [5, 5.41) is 17.5. The van der Waals surface area contributed by atoms with Gasteiger partial charge in [-0.05, 0) is 12.8 Å². The summed E-state index contributed by atoms with van der Waals surface area (Å²) in [6.07, 6.45) is 0.922. The van der Waals surface area contributed by atoms with Gasteiger partial charge in [0.15, 0.2) is 0 Å².